The monoisotopic (exact) mass is 353 g/mol. The lowest BCUT2D eigenvalue weighted by molar-refractivity contribution is 0.667. The molecule has 2 heterocycles. The average molecular weight is 353 g/mol. The molecule has 26 heavy (non-hydrogen) atoms. The molecule has 6 rings (SSSR count). The number of nitrogens with zero attached hydrogens (tertiary/aromatic N) is 1. The fraction of sp³-hybridized carbons (Fsp3) is 0.167. The van der Waals surface area contributed by atoms with Crippen LogP contribution in [0.4, 0.5) is 0 Å². The minimum Gasteiger partial charge on any atom is -0.313 e. The molecule has 0 radical (unpaired) electrons. The van der Waals surface area contributed by atoms with Gasteiger partial charge in [-0.15, -0.1) is 11.3 Å². The molecule has 0 fully saturated rings. The van der Waals surface area contributed by atoms with Crippen LogP contribution in [0.1, 0.15) is 24.1 Å². The number of para-hydroxylation sites is 1. The average Bonchev–Trinajstić information content (AvgIpc) is 3.22. The minimum atomic E-state index is 1.19. The summed E-state index contributed by atoms with van der Waals surface area (Å²) in [6, 6.07) is 24.6. The van der Waals surface area contributed by atoms with Gasteiger partial charge in [-0.1, -0.05) is 36.4 Å². The van der Waals surface area contributed by atoms with Crippen LogP contribution in [0, 0.1) is 0 Å². The van der Waals surface area contributed by atoms with Crippen LogP contribution < -0.4 is 0 Å². The van der Waals surface area contributed by atoms with Crippen molar-refractivity contribution < 1.29 is 0 Å². The molecule has 2 heteroatoms. The second-order valence-electron chi connectivity index (χ2n) is 7.27. The summed E-state index contributed by atoms with van der Waals surface area (Å²) in [4.78, 5) is 0. The molecule has 0 spiro atoms. The summed E-state index contributed by atoms with van der Waals surface area (Å²) in [6.45, 7) is 0. The Balaban J connectivity index is 1.79. The predicted molar refractivity (Wildman–Crippen MR) is 113 cm³/mol. The molecule has 126 valence electrons. The van der Waals surface area contributed by atoms with Gasteiger partial charge in [-0.2, -0.15) is 0 Å². The van der Waals surface area contributed by atoms with Gasteiger partial charge < -0.3 is 4.57 Å². The second kappa shape index (κ2) is 5.46. The number of rotatable bonds is 1. The summed E-state index contributed by atoms with van der Waals surface area (Å²) in [5.74, 6) is 0. The van der Waals surface area contributed by atoms with E-state index in [-0.39, 0.29) is 0 Å². The SMILES string of the molecule is c1ccc(-n2c3c(c4cc5sc6ccccc6c5cc42)CCCC3)cc1. The molecule has 0 unspecified atom stereocenters. The maximum absolute atomic E-state index is 2.52. The Bertz CT molecular complexity index is 1270. The molecule has 1 nitrogen and oxygen atoms in total. The first-order chi connectivity index (χ1) is 12.9. The van der Waals surface area contributed by atoms with E-state index >= 15 is 0 Å². The zero-order valence-corrected chi connectivity index (χ0v) is 15.4. The summed E-state index contributed by atoms with van der Waals surface area (Å²) in [5.41, 5.74) is 5.77. The van der Waals surface area contributed by atoms with E-state index in [1.165, 1.54) is 68.1 Å². The highest BCUT2D eigenvalue weighted by molar-refractivity contribution is 7.25. The molecule has 5 aromatic rings. The smallest absolute Gasteiger partial charge is 0.0541 e. The van der Waals surface area contributed by atoms with Gasteiger partial charge in [-0.25, -0.2) is 0 Å². The summed E-state index contributed by atoms with van der Waals surface area (Å²) in [5, 5.41) is 4.24. The third-order valence-corrected chi connectivity index (χ3v) is 6.92. The van der Waals surface area contributed by atoms with Gasteiger partial charge in [-0.3, -0.25) is 0 Å². The van der Waals surface area contributed by atoms with Gasteiger partial charge in [0.05, 0.1) is 5.52 Å². The second-order valence-corrected chi connectivity index (χ2v) is 8.35. The summed E-state index contributed by atoms with van der Waals surface area (Å²) < 4.78 is 5.32. The van der Waals surface area contributed by atoms with Crippen LogP contribution in [0.25, 0.3) is 36.8 Å². The van der Waals surface area contributed by atoms with Crippen LogP contribution in [0.15, 0.2) is 66.7 Å². The standard InChI is InChI=1S/C24H19NS/c1-2-8-16(9-3-1)25-21-12-6-4-10-17(21)19-15-24-20(14-22(19)25)18-11-5-7-13-23(18)26-24/h1-3,5,7-9,11,13-15H,4,6,10,12H2. The lowest BCUT2D eigenvalue weighted by atomic mass is 9.95. The van der Waals surface area contributed by atoms with Crippen molar-refractivity contribution >= 4 is 42.4 Å². The Morgan fingerprint density at radius 3 is 2.42 bits per heavy atom. The predicted octanol–water partition coefficient (Wildman–Crippen LogP) is 6.88. The van der Waals surface area contributed by atoms with Gasteiger partial charge in [0.15, 0.2) is 0 Å². The molecule has 0 saturated heterocycles. The Morgan fingerprint density at radius 1 is 0.692 bits per heavy atom. The van der Waals surface area contributed by atoms with E-state index in [0.717, 1.165) is 0 Å². The highest BCUT2D eigenvalue weighted by Crippen LogP contribution is 2.41. The van der Waals surface area contributed by atoms with Gasteiger partial charge in [0.2, 0.25) is 0 Å². The zero-order chi connectivity index (χ0) is 17.1. The Hall–Kier alpha value is -2.58. The normalized spacial score (nSPS) is 14.3. The van der Waals surface area contributed by atoms with E-state index in [4.69, 9.17) is 0 Å². The third-order valence-electron chi connectivity index (χ3n) is 5.78. The molecule has 3 aromatic carbocycles. The number of aryl methyl sites for hydroxylation is 1. The van der Waals surface area contributed by atoms with Gasteiger partial charge in [0.1, 0.15) is 0 Å². The molecular weight excluding hydrogens is 334 g/mol. The molecule has 0 saturated carbocycles. The molecule has 0 aliphatic heterocycles. The molecule has 0 atom stereocenters. The Labute approximate surface area is 156 Å². The maximum Gasteiger partial charge on any atom is 0.0541 e. The van der Waals surface area contributed by atoms with E-state index in [2.05, 4.69) is 71.3 Å². The van der Waals surface area contributed by atoms with Gasteiger partial charge in [0, 0.05) is 36.9 Å². The molecule has 0 bridgehead atoms. The lowest BCUT2D eigenvalue weighted by Crippen LogP contribution is -2.06. The molecule has 2 aromatic heterocycles. The summed E-state index contributed by atoms with van der Waals surface area (Å²) >= 11 is 1.92. The van der Waals surface area contributed by atoms with Crippen LogP contribution >= 0.6 is 11.3 Å². The fourth-order valence-corrected chi connectivity index (χ4v) is 5.76. The molecule has 1 aliphatic rings. The number of thiophene rings is 1. The zero-order valence-electron chi connectivity index (χ0n) is 14.5. The minimum absolute atomic E-state index is 1.19. The summed E-state index contributed by atoms with van der Waals surface area (Å²) in [7, 11) is 0. The number of fused-ring (bicyclic) bond motifs is 6. The topological polar surface area (TPSA) is 4.93 Å². The first kappa shape index (κ1) is 14.6. The van der Waals surface area contributed by atoms with Crippen LogP contribution in [0.2, 0.25) is 0 Å². The van der Waals surface area contributed by atoms with Crippen molar-refractivity contribution in [3.8, 4) is 5.69 Å². The molecular formula is C24H19NS. The van der Waals surface area contributed by atoms with Crippen molar-refractivity contribution in [1.29, 1.82) is 0 Å². The van der Waals surface area contributed by atoms with Crippen LogP contribution in [-0.2, 0) is 12.8 Å². The van der Waals surface area contributed by atoms with Crippen molar-refractivity contribution in [3.63, 3.8) is 0 Å². The Kier molecular flexibility index (Phi) is 3.06. The molecule has 0 N–H and O–H groups in total. The highest BCUT2D eigenvalue weighted by Gasteiger charge is 2.22. The maximum atomic E-state index is 2.52. The number of benzene rings is 3. The number of aromatic nitrogens is 1. The van der Waals surface area contributed by atoms with Crippen molar-refractivity contribution in [1.82, 2.24) is 4.57 Å². The number of hydrogen-bond acceptors (Lipinski definition) is 1. The lowest BCUT2D eigenvalue weighted by Gasteiger charge is -2.16. The Morgan fingerprint density at radius 2 is 1.50 bits per heavy atom. The van der Waals surface area contributed by atoms with E-state index in [9.17, 15) is 0 Å². The molecule has 1 aliphatic carbocycles. The van der Waals surface area contributed by atoms with Crippen molar-refractivity contribution in [3.05, 3.63) is 78.0 Å². The quantitative estimate of drug-likeness (QED) is 0.310. The van der Waals surface area contributed by atoms with Crippen LogP contribution in [0.5, 0.6) is 0 Å². The first-order valence-electron chi connectivity index (χ1n) is 9.43. The fourth-order valence-electron chi connectivity index (χ4n) is 4.63. The van der Waals surface area contributed by atoms with Crippen molar-refractivity contribution in [2.24, 2.45) is 0 Å². The van der Waals surface area contributed by atoms with Gasteiger partial charge in [0.25, 0.3) is 0 Å². The first-order valence-corrected chi connectivity index (χ1v) is 10.2. The van der Waals surface area contributed by atoms with Crippen molar-refractivity contribution in [2.45, 2.75) is 25.7 Å². The molecule has 0 amide bonds. The van der Waals surface area contributed by atoms with Crippen LogP contribution in [-0.4, -0.2) is 4.57 Å². The third kappa shape index (κ3) is 1.96. The van der Waals surface area contributed by atoms with Gasteiger partial charge >= 0.3 is 0 Å². The van der Waals surface area contributed by atoms with E-state index < -0.39 is 0 Å². The van der Waals surface area contributed by atoms with E-state index in [1.807, 2.05) is 11.3 Å². The number of hydrogen-bond donors (Lipinski definition) is 0. The highest BCUT2D eigenvalue weighted by atomic mass is 32.1. The van der Waals surface area contributed by atoms with Crippen LogP contribution in [0.3, 0.4) is 0 Å². The van der Waals surface area contributed by atoms with E-state index in [1.54, 1.807) is 5.56 Å². The van der Waals surface area contributed by atoms with Gasteiger partial charge in [-0.05, 0) is 61.6 Å². The van der Waals surface area contributed by atoms with Crippen molar-refractivity contribution in [2.75, 3.05) is 0 Å². The summed E-state index contributed by atoms with van der Waals surface area (Å²) in [6.07, 6.45) is 5.01. The largest absolute Gasteiger partial charge is 0.313 e. The van der Waals surface area contributed by atoms with E-state index in [0.29, 0.717) is 0 Å².